The van der Waals surface area contributed by atoms with Gasteiger partial charge in [0.15, 0.2) is 6.10 Å². The third kappa shape index (κ3) is 82.7. The van der Waals surface area contributed by atoms with Crippen LogP contribution in [0.3, 0.4) is 0 Å². The quantitative estimate of drug-likeness (QED) is 0.0146. The monoisotopic (exact) mass is 1540 g/mol. The number of ether oxygens (including phenoxy) is 3. The van der Waals surface area contributed by atoms with Crippen LogP contribution in [-0.2, 0) is 55.8 Å². The number of hydrogen-bond donors (Lipinski definition) is 4. The minimum atomic E-state index is -4.93. The number of phosphoric acid groups is 2. The predicted octanol–water partition coefficient (Wildman–Crippen LogP) is 25.7. The molecule has 0 aromatic heterocycles. The number of esters is 3. The van der Waals surface area contributed by atoms with Crippen LogP contribution in [0.2, 0.25) is 0 Å². The molecule has 0 aromatic carbocycles. The van der Waals surface area contributed by atoms with Crippen molar-refractivity contribution in [2.45, 2.75) is 386 Å². The molecule has 0 aromatic rings. The number of rotatable bonds is 81. The summed E-state index contributed by atoms with van der Waals surface area (Å²) in [6.45, 7) is 2.50. The Hall–Kier alpha value is -4.05. The summed E-state index contributed by atoms with van der Waals surface area (Å²) in [6, 6.07) is 0. The fraction of sp³-hybridized carbons (Fsp3) is 0.742. The van der Waals surface area contributed by atoms with Gasteiger partial charge in [-0.15, -0.1) is 0 Å². The largest absolute Gasteiger partial charge is 0.472 e. The molecule has 0 aliphatic carbocycles. The van der Waals surface area contributed by atoms with Crippen molar-refractivity contribution in [2.24, 2.45) is 0 Å². The number of aliphatic hydroxyl groups is 2. The van der Waals surface area contributed by atoms with Gasteiger partial charge in [-0.2, -0.15) is 0 Å². The molecule has 0 aliphatic rings. The van der Waals surface area contributed by atoms with Crippen LogP contribution in [-0.4, -0.2) is 95.9 Å². The second-order valence-corrected chi connectivity index (χ2v) is 31.5. The van der Waals surface area contributed by atoms with Crippen LogP contribution in [0.15, 0.2) is 122 Å². The van der Waals surface area contributed by atoms with E-state index < -0.39 is 91.5 Å². The Labute approximate surface area is 653 Å². The van der Waals surface area contributed by atoms with E-state index >= 15 is 0 Å². The van der Waals surface area contributed by atoms with Crippen molar-refractivity contribution in [1.29, 1.82) is 0 Å². The third-order valence-corrected chi connectivity index (χ3v) is 20.1. The molecule has 0 amide bonds. The van der Waals surface area contributed by atoms with Crippen molar-refractivity contribution >= 4 is 33.6 Å². The number of carbonyl (C=O) groups is 3. The molecule has 0 aliphatic heterocycles. The van der Waals surface area contributed by atoms with E-state index in [1.807, 2.05) is 0 Å². The van der Waals surface area contributed by atoms with Crippen LogP contribution >= 0.6 is 15.6 Å². The molecule has 0 saturated heterocycles. The highest BCUT2D eigenvalue weighted by atomic mass is 31.2. The molecule has 0 bridgehead atoms. The number of aliphatic hydroxyl groups excluding tert-OH is 2. The summed E-state index contributed by atoms with van der Waals surface area (Å²) in [5, 5.41) is 20.7. The van der Waals surface area contributed by atoms with Crippen molar-refractivity contribution < 1.29 is 75.8 Å². The fourth-order valence-electron chi connectivity index (χ4n) is 11.7. The highest BCUT2D eigenvalue weighted by Crippen LogP contribution is 2.45. The molecule has 107 heavy (non-hydrogen) atoms. The Bertz CT molecular complexity index is 2430. The zero-order valence-electron chi connectivity index (χ0n) is 67.8. The maximum Gasteiger partial charge on any atom is 0.472 e. The molecule has 0 radical (unpaired) electrons. The maximum atomic E-state index is 13.0. The number of hydrogen-bond acceptors (Lipinski definition) is 14. The Morgan fingerprint density at radius 2 is 0.495 bits per heavy atom. The van der Waals surface area contributed by atoms with Crippen LogP contribution < -0.4 is 0 Å². The number of carbonyl (C=O) groups excluding carboxylic acids is 3. The van der Waals surface area contributed by atoms with E-state index in [1.165, 1.54) is 154 Å². The van der Waals surface area contributed by atoms with Gasteiger partial charge in [0.05, 0.1) is 26.4 Å². The number of phosphoric ester groups is 2. The van der Waals surface area contributed by atoms with E-state index in [-0.39, 0.29) is 19.3 Å². The first kappa shape index (κ1) is 103. The molecule has 5 atom stereocenters. The lowest BCUT2D eigenvalue weighted by Crippen LogP contribution is -2.30. The lowest BCUT2D eigenvalue weighted by atomic mass is 10.0. The minimum absolute atomic E-state index is 0.105. The van der Waals surface area contributed by atoms with E-state index in [2.05, 4.69) is 142 Å². The highest BCUT2D eigenvalue weighted by molar-refractivity contribution is 7.47. The van der Waals surface area contributed by atoms with Crippen LogP contribution in [0.1, 0.15) is 367 Å². The summed E-state index contributed by atoms with van der Waals surface area (Å²) in [6.07, 6.45) is 98.2. The molecule has 0 fully saturated rings. The molecule has 0 saturated carbocycles. The standard InChI is InChI=1S/C89H156O16P2/c1-4-7-10-13-16-19-22-25-28-30-32-34-36-37-38-39-40-41-42-43-44-45-47-49-50-52-55-57-60-63-66-69-72-75-87(92)99-78-84(90)79-101-106(95,96)102-80-85(91)81-103-107(97,98)104-83-86(105-89(94)77-74-71-68-65-62-59-54-27-24-21-18-15-12-9-6-3)82-100-88(93)76-73-70-67-64-61-58-56-53-51-48-46-35-33-31-29-26-23-20-17-14-11-8-5-2/h7-8,10-11,16-17,19-20,25-26,28-29,32-35,37-38,48,51,84-86,90-91H,4-6,9,12-15,18,21-24,27,30-31,36,39-47,49-50,52-83H2,1-3H3,(H,95,96)(H,97,98)/b10-7-,11-8-,19-16-,20-17-,28-25-,29-26-,34-32-,35-33-,38-37-,51-48-. The topological polar surface area (TPSA) is 231 Å². The summed E-state index contributed by atoms with van der Waals surface area (Å²) in [4.78, 5) is 58.8. The number of allylic oxidation sites excluding steroid dienone is 20. The Kier molecular flexibility index (Phi) is 78.4. The molecule has 18 heteroatoms. The van der Waals surface area contributed by atoms with Gasteiger partial charge in [0, 0.05) is 19.3 Å². The summed E-state index contributed by atoms with van der Waals surface area (Å²) in [7, 11) is -9.79. The van der Waals surface area contributed by atoms with Crippen molar-refractivity contribution in [3.8, 4) is 0 Å². The predicted molar refractivity (Wildman–Crippen MR) is 445 cm³/mol. The molecule has 0 heterocycles. The highest BCUT2D eigenvalue weighted by Gasteiger charge is 2.29. The SMILES string of the molecule is CC/C=C\C/C=C\C/C=C\C/C=C\C/C=C\CCCCCCCCCCCCCCCCCCCC(=O)OCC(O)COP(=O)(O)OCC(O)COP(=O)(O)OCC(COC(=O)CCCCCCCCC/C=C\C/C=C\C/C=C\C/C=C\C/C=C\CC)OC(=O)CCCCCCCCCCCCCCCCC. The van der Waals surface area contributed by atoms with Crippen molar-refractivity contribution in [2.75, 3.05) is 39.6 Å². The molecule has 4 N–H and O–H groups in total. The Morgan fingerprint density at radius 1 is 0.271 bits per heavy atom. The van der Waals surface area contributed by atoms with Crippen molar-refractivity contribution in [1.82, 2.24) is 0 Å². The summed E-state index contributed by atoms with van der Waals surface area (Å²) in [5.74, 6) is -1.57. The van der Waals surface area contributed by atoms with Crippen LogP contribution in [0, 0.1) is 0 Å². The lowest BCUT2D eigenvalue weighted by molar-refractivity contribution is -0.161. The lowest BCUT2D eigenvalue weighted by Gasteiger charge is -2.21. The molecule has 0 spiro atoms. The molecular formula is C89H156O16P2. The smallest absolute Gasteiger partial charge is 0.463 e. The first-order valence-corrected chi connectivity index (χ1v) is 45.8. The van der Waals surface area contributed by atoms with E-state index in [1.54, 1.807) is 0 Å². The first-order chi connectivity index (χ1) is 52.2. The van der Waals surface area contributed by atoms with E-state index in [9.17, 15) is 43.5 Å². The second-order valence-electron chi connectivity index (χ2n) is 28.6. The van der Waals surface area contributed by atoms with Gasteiger partial charge in [0.2, 0.25) is 0 Å². The van der Waals surface area contributed by atoms with Gasteiger partial charge in [0.25, 0.3) is 0 Å². The van der Waals surface area contributed by atoms with Crippen molar-refractivity contribution in [3.63, 3.8) is 0 Å². The molecule has 0 rings (SSSR count). The Balaban J connectivity index is 4.45. The molecule has 5 unspecified atom stereocenters. The average Bonchev–Trinajstić information content (AvgIpc) is 0.908. The van der Waals surface area contributed by atoms with Gasteiger partial charge in [-0.1, -0.05) is 361 Å². The van der Waals surface area contributed by atoms with Gasteiger partial charge in [0.1, 0.15) is 25.4 Å². The van der Waals surface area contributed by atoms with E-state index in [4.69, 9.17) is 32.3 Å². The van der Waals surface area contributed by atoms with Crippen LogP contribution in [0.4, 0.5) is 0 Å². The summed E-state index contributed by atoms with van der Waals surface area (Å²) in [5.41, 5.74) is 0. The average molecular weight is 1540 g/mol. The van der Waals surface area contributed by atoms with Gasteiger partial charge in [-0.3, -0.25) is 32.5 Å². The summed E-state index contributed by atoms with van der Waals surface area (Å²) < 4.78 is 61.3. The van der Waals surface area contributed by atoms with E-state index in [0.29, 0.717) is 19.3 Å². The maximum absolute atomic E-state index is 13.0. The van der Waals surface area contributed by atoms with Gasteiger partial charge in [-0.25, -0.2) is 9.13 Å². The second kappa shape index (κ2) is 81.4. The van der Waals surface area contributed by atoms with Gasteiger partial charge >= 0.3 is 33.6 Å². The zero-order valence-corrected chi connectivity index (χ0v) is 69.6. The first-order valence-electron chi connectivity index (χ1n) is 42.8. The molecule has 16 nitrogen and oxygen atoms in total. The summed E-state index contributed by atoms with van der Waals surface area (Å²) >= 11 is 0. The van der Waals surface area contributed by atoms with Crippen LogP contribution in [0.5, 0.6) is 0 Å². The Morgan fingerprint density at radius 3 is 0.785 bits per heavy atom. The molecule has 618 valence electrons. The van der Waals surface area contributed by atoms with Crippen LogP contribution in [0.25, 0.3) is 0 Å². The third-order valence-electron chi connectivity index (χ3n) is 18.2. The van der Waals surface area contributed by atoms with E-state index in [0.717, 1.165) is 154 Å². The van der Waals surface area contributed by atoms with Gasteiger partial charge in [-0.05, 0) is 109 Å². The van der Waals surface area contributed by atoms with Gasteiger partial charge < -0.3 is 34.2 Å². The minimum Gasteiger partial charge on any atom is -0.463 e. The molecular weight excluding hydrogens is 1390 g/mol. The zero-order chi connectivity index (χ0) is 78.0. The fourth-order valence-corrected chi connectivity index (χ4v) is 13.3. The number of unbranched alkanes of at least 4 members (excludes halogenated alkanes) is 38. The normalized spacial score (nSPS) is 14.5. The van der Waals surface area contributed by atoms with Crippen molar-refractivity contribution in [3.05, 3.63) is 122 Å².